The van der Waals surface area contributed by atoms with Crippen LogP contribution < -0.4 is 0 Å². The second-order valence-electron chi connectivity index (χ2n) is 3.85. The van der Waals surface area contributed by atoms with Crippen molar-refractivity contribution in [1.82, 2.24) is 0 Å². The van der Waals surface area contributed by atoms with Gasteiger partial charge in [0.1, 0.15) is 0 Å². The molecular weight excluding hydrogens is 200 g/mol. The fraction of sp³-hybridized carbons (Fsp3) is 0.364. The second kappa shape index (κ2) is 5.66. The van der Waals surface area contributed by atoms with Crippen molar-refractivity contribution in [2.24, 2.45) is 5.41 Å². The molecule has 14 heavy (non-hydrogen) atoms. The predicted octanol–water partition coefficient (Wildman–Crippen LogP) is 3.46. The molecule has 0 bridgehead atoms. The van der Waals surface area contributed by atoms with Crippen LogP contribution >= 0.6 is 11.6 Å². The fourth-order valence-electron chi connectivity index (χ4n) is 0.415. The van der Waals surface area contributed by atoms with Gasteiger partial charge in [-0.05, 0) is 32.9 Å². The van der Waals surface area contributed by atoms with Gasteiger partial charge < -0.3 is 5.11 Å². The summed E-state index contributed by atoms with van der Waals surface area (Å²) < 4.78 is 0. The molecule has 0 atom stereocenters. The third kappa shape index (κ3) is 6.49. The van der Waals surface area contributed by atoms with Crippen molar-refractivity contribution in [3.63, 3.8) is 0 Å². The topological polar surface area (TPSA) is 37.3 Å². The van der Waals surface area contributed by atoms with E-state index in [4.69, 9.17) is 16.7 Å². The van der Waals surface area contributed by atoms with Crippen molar-refractivity contribution < 1.29 is 9.90 Å². The highest BCUT2D eigenvalue weighted by Crippen LogP contribution is 2.11. The molecular formula is C11H15ClO2. The van der Waals surface area contributed by atoms with Crippen molar-refractivity contribution >= 4 is 17.6 Å². The highest BCUT2D eigenvalue weighted by molar-refractivity contribution is 6.30. The zero-order chi connectivity index (χ0) is 11.2. The van der Waals surface area contributed by atoms with Gasteiger partial charge in [-0.25, -0.2) is 0 Å². The zero-order valence-corrected chi connectivity index (χ0v) is 9.38. The Balaban J connectivity index is 0.000000241. The number of hydrogen-bond acceptors (Lipinski definition) is 1. The lowest BCUT2D eigenvalue weighted by Crippen LogP contribution is -2.18. The van der Waals surface area contributed by atoms with E-state index in [0.29, 0.717) is 0 Å². The monoisotopic (exact) mass is 214 g/mol. The number of hydrogen-bond donors (Lipinski definition) is 1. The number of aliphatic carboxylic acids is 1. The summed E-state index contributed by atoms with van der Waals surface area (Å²) >= 11 is 5.54. The fourth-order valence-corrected chi connectivity index (χ4v) is 0.560. The van der Waals surface area contributed by atoms with E-state index in [2.05, 4.69) is 0 Å². The first-order valence-electron chi connectivity index (χ1n) is 4.28. The van der Waals surface area contributed by atoms with Crippen molar-refractivity contribution in [1.29, 1.82) is 0 Å². The summed E-state index contributed by atoms with van der Waals surface area (Å²) in [5, 5.41) is 9.04. The molecule has 0 aliphatic heterocycles. The Morgan fingerprint density at radius 3 is 1.71 bits per heavy atom. The minimum absolute atomic E-state index is 0.583. The van der Waals surface area contributed by atoms with Gasteiger partial charge in [0.05, 0.1) is 5.41 Å². The Bertz CT molecular complexity index is 275. The molecule has 0 aromatic heterocycles. The Kier molecular flexibility index (Phi) is 5.24. The van der Waals surface area contributed by atoms with E-state index in [-0.39, 0.29) is 0 Å². The maximum atomic E-state index is 10.0. The number of carboxylic acids is 1. The molecule has 0 spiro atoms. The molecule has 1 aromatic carbocycles. The number of carbonyl (C=O) groups is 1. The van der Waals surface area contributed by atoms with E-state index >= 15 is 0 Å². The van der Waals surface area contributed by atoms with Crippen LogP contribution in [0, 0.1) is 5.41 Å². The van der Waals surface area contributed by atoms with Crippen molar-refractivity contribution in [3.8, 4) is 0 Å². The Morgan fingerprint density at radius 2 is 1.57 bits per heavy atom. The first-order chi connectivity index (χ1) is 6.34. The summed E-state index contributed by atoms with van der Waals surface area (Å²) in [6.45, 7) is 4.99. The minimum Gasteiger partial charge on any atom is -0.481 e. The zero-order valence-electron chi connectivity index (χ0n) is 8.62. The Morgan fingerprint density at radius 1 is 1.21 bits per heavy atom. The lowest BCUT2D eigenvalue weighted by molar-refractivity contribution is -0.145. The molecule has 78 valence electrons. The molecule has 0 heterocycles. The molecule has 1 rings (SSSR count). The van der Waals surface area contributed by atoms with Gasteiger partial charge in [0, 0.05) is 5.02 Å². The summed E-state index contributed by atoms with van der Waals surface area (Å²) in [6.07, 6.45) is 0. The normalized spacial score (nSPS) is 10.0. The summed E-state index contributed by atoms with van der Waals surface area (Å²) in [5.41, 5.74) is -0.583. The predicted molar refractivity (Wildman–Crippen MR) is 58.5 cm³/mol. The van der Waals surface area contributed by atoms with Crippen LogP contribution in [0.1, 0.15) is 20.8 Å². The van der Waals surface area contributed by atoms with Gasteiger partial charge in [-0.1, -0.05) is 29.8 Å². The molecule has 0 aliphatic rings. The third-order valence-corrected chi connectivity index (χ3v) is 1.63. The van der Waals surface area contributed by atoms with Crippen LogP contribution in [0.3, 0.4) is 0 Å². The van der Waals surface area contributed by atoms with Gasteiger partial charge in [0.15, 0.2) is 0 Å². The van der Waals surface area contributed by atoms with Crippen molar-refractivity contribution in [2.45, 2.75) is 20.8 Å². The average molecular weight is 215 g/mol. The van der Waals surface area contributed by atoms with E-state index < -0.39 is 11.4 Å². The molecule has 0 aliphatic carbocycles. The van der Waals surface area contributed by atoms with Crippen molar-refractivity contribution in [3.05, 3.63) is 35.4 Å². The van der Waals surface area contributed by atoms with Crippen molar-refractivity contribution in [2.75, 3.05) is 0 Å². The van der Waals surface area contributed by atoms with E-state index in [9.17, 15) is 4.79 Å². The van der Waals surface area contributed by atoms with Gasteiger partial charge in [-0.2, -0.15) is 0 Å². The van der Waals surface area contributed by atoms with Gasteiger partial charge in [0.2, 0.25) is 0 Å². The molecule has 1 N–H and O–H groups in total. The lowest BCUT2D eigenvalue weighted by atomic mass is 9.98. The molecule has 0 radical (unpaired) electrons. The highest BCUT2D eigenvalue weighted by Gasteiger charge is 2.18. The standard InChI is InChI=1S/C6H5Cl.C5H10O2/c7-6-4-2-1-3-5-6;1-5(2,3)4(6)7/h1-5H;1-3H3,(H,6,7). The van der Waals surface area contributed by atoms with Crippen LogP contribution in [0.5, 0.6) is 0 Å². The molecule has 1 aromatic rings. The summed E-state index contributed by atoms with van der Waals surface area (Å²) in [6, 6.07) is 9.44. The summed E-state index contributed by atoms with van der Waals surface area (Å²) in [7, 11) is 0. The SMILES string of the molecule is CC(C)(C)C(=O)O.Clc1ccccc1. The molecule has 0 saturated carbocycles. The molecule has 0 amide bonds. The van der Waals surface area contributed by atoms with E-state index in [1.54, 1.807) is 20.8 Å². The third-order valence-electron chi connectivity index (χ3n) is 1.37. The van der Waals surface area contributed by atoms with Crippen LogP contribution in [-0.4, -0.2) is 11.1 Å². The highest BCUT2D eigenvalue weighted by atomic mass is 35.5. The van der Waals surface area contributed by atoms with E-state index in [1.807, 2.05) is 30.3 Å². The Hall–Kier alpha value is -1.02. The van der Waals surface area contributed by atoms with Gasteiger partial charge in [-0.15, -0.1) is 0 Å². The first kappa shape index (κ1) is 13.0. The van der Waals surface area contributed by atoms with Gasteiger partial charge in [-0.3, -0.25) is 4.79 Å². The number of halogens is 1. The number of rotatable bonds is 0. The van der Waals surface area contributed by atoms with Crippen LogP contribution in [0.25, 0.3) is 0 Å². The summed E-state index contributed by atoms with van der Waals surface area (Å²) in [4.78, 5) is 10.0. The molecule has 0 unspecified atom stereocenters. The number of carboxylic acid groups (broad SMARTS) is 1. The summed E-state index contributed by atoms with van der Waals surface area (Å²) in [5.74, 6) is -0.757. The first-order valence-corrected chi connectivity index (χ1v) is 4.66. The van der Waals surface area contributed by atoms with E-state index in [1.165, 1.54) is 0 Å². The van der Waals surface area contributed by atoms with Gasteiger partial charge in [0.25, 0.3) is 0 Å². The lowest BCUT2D eigenvalue weighted by Gasteiger charge is -2.08. The molecule has 2 nitrogen and oxygen atoms in total. The largest absolute Gasteiger partial charge is 0.481 e. The van der Waals surface area contributed by atoms with E-state index in [0.717, 1.165) is 5.02 Å². The van der Waals surface area contributed by atoms with Crippen LogP contribution in [0.15, 0.2) is 30.3 Å². The average Bonchev–Trinajstić information content (AvgIpc) is 2.04. The molecule has 3 heteroatoms. The maximum absolute atomic E-state index is 10.0. The minimum atomic E-state index is -0.757. The molecule has 0 fully saturated rings. The Labute approximate surface area is 89.5 Å². The maximum Gasteiger partial charge on any atom is 0.308 e. The second-order valence-corrected chi connectivity index (χ2v) is 4.29. The molecule has 0 saturated heterocycles. The van der Waals surface area contributed by atoms with Gasteiger partial charge >= 0.3 is 5.97 Å². The smallest absolute Gasteiger partial charge is 0.308 e. The number of benzene rings is 1. The van der Waals surface area contributed by atoms with Crippen LogP contribution in [0.2, 0.25) is 5.02 Å². The van der Waals surface area contributed by atoms with Crippen LogP contribution in [0.4, 0.5) is 0 Å². The quantitative estimate of drug-likeness (QED) is 0.718. The van der Waals surface area contributed by atoms with Crippen LogP contribution in [-0.2, 0) is 4.79 Å².